The summed E-state index contributed by atoms with van der Waals surface area (Å²) in [7, 11) is 0. The normalized spacial score (nSPS) is 16.6. The quantitative estimate of drug-likeness (QED) is 0.914. The molecule has 0 spiro atoms. The molecule has 0 atom stereocenters. The van der Waals surface area contributed by atoms with Gasteiger partial charge in [-0.1, -0.05) is 29.8 Å². The van der Waals surface area contributed by atoms with E-state index in [1.54, 1.807) is 0 Å². The molecule has 1 aliphatic heterocycles. The van der Waals surface area contributed by atoms with Gasteiger partial charge in [0.2, 0.25) is 0 Å². The Morgan fingerprint density at radius 3 is 2.71 bits per heavy atom. The van der Waals surface area contributed by atoms with Gasteiger partial charge in [0, 0.05) is 24.0 Å². The van der Waals surface area contributed by atoms with E-state index < -0.39 is 0 Å². The number of fused-ring (bicyclic) bond motifs is 1. The monoisotopic (exact) mass is 299 g/mol. The zero-order chi connectivity index (χ0) is 14.2. The Balaban J connectivity index is 1.58. The molecule has 0 amide bonds. The Hall–Kier alpha value is -1.51. The van der Waals surface area contributed by atoms with Crippen LogP contribution in [0.15, 0.2) is 36.4 Å². The summed E-state index contributed by atoms with van der Waals surface area (Å²) in [6, 6.07) is 13.5. The molecule has 2 aromatic rings. The van der Waals surface area contributed by atoms with Crippen LogP contribution in [0.2, 0.25) is 5.02 Å². The minimum Gasteiger partial charge on any atom is -0.493 e. The molecule has 3 heteroatoms. The first-order valence-electron chi connectivity index (χ1n) is 7.57. The van der Waals surface area contributed by atoms with Gasteiger partial charge in [-0.15, -0.1) is 0 Å². The van der Waals surface area contributed by atoms with Crippen molar-refractivity contribution < 1.29 is 4.74 Å². The second-order valence-electron chi connectivity index (χ2n) is 5.88. The van der Waals surface area contributed by atoms with Crippen molar-refractivity contribution in [1.82, 2.24) is 5.32 Å². The minimum atomic E-state index is 0.706. The van der Waals surface area contributed by atoms with Crippen LogP contribution in [-0.2, 0) is 13.0 Å². The summed E-state index contributed by atoms with van der Waals surface area (Å²) >= 11 is 6.44. The highest BCUT2D eigenvalue weighted by Crippen LogP contribution is 2.32. The van der Waals surface area contributed by atoms with Gasteiger partial charge in [0.05, 0.1) is 6.61 Å². The van der Waals surface area contributed by atoms with Crippen LogP contribution in [0, 0.1) is 0 Å². The molecule has 1 N–H and O–H groups in total. The maximum Gasteiger partial charge on any atom is 0.122 e. The van der Waals surface area contributed by atoms with Gasteiger partial charge in [0.1, 0.15) is 5.75 Å². The standard InChI is InChI=1S/C18H18ClNO/c19-17-10-13(1-2-15(17)11-20-16-4-5-16)12-3-6-18-14(9-12)7-8-21-18/h1-3,6,9-10,16,20H,4-5,7-8,11H2. The first kappa shape index (κ1) is 13.2. The van der Waals surface area contributed by atoms with Crippen LogP contribution in [0.1, 0.15) is 24.0 Å². The molecule has 0 unspecified atom stereocenters. The largest absolute Gasteiger partial charge is 0.493 e. The van der Waals surface area contributed by atoms with Crippen molar-refractivity contribution in [3.8, 4) is 16.9 Å². The molecule has 2 aromatic carbocycles. The SMILES string of the molecule is Clc1cc(-c2ccc3c(c2)CCO3)ccc1CNC1CC1. The van der Waals surface area contributed by atoms with E-state index in [1.807, 2.05) is 0 Å². The maximum absolute atomic E-state index is 6.44. The van der Waals surface area contributed by atoms with Crippen LogP contribution >= 0.6 is 11.6 Å². The third-order valence-electron chi connectivity index (χ3n) is 4.23. The molecule has 21 heavy (non-hydrogen) atoms. The molecule has 0 aromatic heterocycles. The van der Waals surface area contributed by atoms with Crippen molar-refractivity contribution in [3.63, 3.8) is 0 Å². The van der Waals surface area contributed by atoms with Crippen molar-refractivity contribution in [2.24, 2.45) is 0 Å². The van der Waals surface area contributed by atoms with E-state index in [2.05, 4.69) is 41.7 Å². The number of rotatable bonds is 4. The Morgan fingerprint density at radius 2 is 1.90 bits per heavy atom. The molecule has 4 rings (SSSR count). The second-order valence-corrected chi connectivity index (χ2v) is 6.29. The van der Waals surface area contributed by atoms with Crippen LogP contribution in [0.3, 0.4) is 0 Å². The summed E-state index contributed by atoms with van der Waals surface area (Å²) in [4.78, 5) is 0. The topological polar surface area (TPSA) is 21.3 Å². The first-order valence-corrected chi connectivity index (χ1v) is 7.95. The Bertz CT molecular complexity index is 679. The smallest absolute Gasteiger partial charge is 0.122 e. The van der Waals surface area contributed by atoms with Crippen molar-refractivity contribution in [2.45, 2.75) is 31.8 Å². The first-order chi connectivity index (χ1) is 10.3. The lowest BCUT2D eigenvalue weighted by Gasteiger charge is -2.09. The third kappa shape index (κ3) is 2.78. The molecule has 2 nitrogen and oxygen atoms in total. The molecule has 0 radical (unpaired) electrons. The lowest BCUT2D eigenvalue weighted by atomic mass is 10.0. The van der Waals surface area contributed by atoms with Crippen LogP contribution in [0.5, 0.6) is 5.75 Å². The molecule has 108 valence electrons. The lowest BCUT2D eigenvalue weighted by Crippen LogP contribution is -2.15. The second kappa shape index (κ2) is 5.36. The highest BCUT2D eigenvalue weighted by molar-refractivity contribution is 6.31. The summed E-state index contributed by atoms with van der Waals surface area (Å²) < 4.78 is 5.56. The molecule has 2 aliphatic rings. The van der Waals surface area contributed by atoms with Crippen molar-refractivity contribution in [2.75, 3.05) is 6.61 Å². The van der Waals surface area contributed by atoms with Crippen LogP contribution in [0.25, 0.3) is 11.1 Å². The Kier molecular flexibility index (Phi) is 3.36. The van der Waals surface area contributed by atoms with Gasteiger partial charge in [-0.3, -0.25) is 0 Å². The average Bonchev–Trinajstić information content (AvgIpc) is 3.21. The van der Waals surface area contributed by atoms with E-state index in [0.717, 1.165) is 30.3 Å². The summed E-state index contributed by atoms with van der Waals surface area (Å²) in [5.41, 5.74) is 4.85. The van der Waals surface area contributed by atoms with E-state index >= 15 is 0 Å². The summed E-state index contributed by atoms with van der Waals surface area (Å²) in [6.07, 6.45) is 3.60. The zero-order valence-corrected chi connectivity index (χ0v) is 12.6. The number of hydrogen-bond acceptors (Lipinski definition) is 2. The fraction of sp³-hybridized carbons (Fsp3) is 0.333. The number of ether oxygens (including phenoxy) is 1. The van der Waals surface area contributed by atoms with Crippen molar-refractivity contribution >= 4 is 11.6 Å². The van der Waals surface area contributed by atoms with Gasteiger partial charge in [-0.2, -0.15) is 0 Å². The van der Waals surface area contributed by atoms with E-state index in [4.69, 9.17) is 16.3 Å². The molecule has 1 heterocycles. The molecule has 1 aliphatic carbocycles. The van der Waals surface area contributed by atoms with Gasteiger partial charge in [0.15, 0.2) is 0 Å². The van der Waals surface area contributed by atoms with Gasteiger partial charge in [-0.25, -0.2) is 0 Å². The fourth-order valence-corrected chi connectivity index (χ4v) is 3.03. The molecule has 0 saturated heterocycles. The summed E-state index contributed by atoms with van der Waals surface area (Å²) in [5.74, 6) is 1.02. The molecular weight excluding hydrogens is 282 g/mol. The molecule has 1 saturated carbocycles. The van der Waals surface area contributed by atoms with E-state index in [0.29, 0.717) is 6.04 Å². The van der Waals surface area contributed by atoms with Crippen molar-refractivity contribution in [1.29, 1.82) is 0 Å². The van der Waals surface area contributed by atoms with Gasteiger partial charge in [0.25, 0.3) is 0 Å². The number of hydrogen-bond donors (Lipinski definition) is 1. The summed E-state index contributed by atoms with van der Waals surface area (Å²) in [6.45, 7) is 1.66. The predicted octanol–water partition coefficient (Wildman–Crippen LogP) is 4.19. The van der Waals surface area contributed by atoms with E-state index in [-0.39, 0.29) is 0 Å². The fourth-order valence-electron chi connectivity index (χ4n) is 2.78. The Morgan fingerprint density at radius 1 is 1.10 bits per heavy atom. The highest BCUT2D eigenvalue weighted by Gasteiger charge is 2.20. The molecular formula is C18H18ClNO. The number of halogens is 1. The van der Waals surface area contributed by atoms with E-state index in [9.17, 15) is 0 Å². The van der Waals surface area contributed by atoms with Crippen LogP contribution < -0.4 is 10.1 Å². The minimum absolute atomic E-state index is 0.706. The van der Waals surface area contributed by atoms with Crippen LogP contribution in [0.4, 0.5) is 0 Å². The van der Waals surface area contributed by atoms with Gasteiger partial charge >= 0.3 is 0 Å². The summed E-state index contributed by atoms with van der Waals surface area (Å²) in [5, 5.41) is 4.35. The average molecular weight is 300 g/mol. The van der Waals surface area contributed by atoms with Crippen LogP contribution in [-0.4, -0.2) is 12.6 Å². The maximum atomic E-state index is 6.44. The zero-order valence-electron chi connectivity index (χ0n) is 11.9. The lowest BCUT2D eigenvalue weighted by molar-refractivity contribution is 0.357. The molecule has 1 fully saturated rings. The predicted molar refractivity (Wildman–Crippen MR) is 85.9 cm³/mol. The van der Waals surface area contributed by atoms with Gasteiger partial charge in [-0.05, 0) is 53.3 Å². The van der Waals surface area contributed by atoms with Crippen molar-refractivity contribution in [3.05, 3.63) is 52.5 Å². The Labute approximate surface area is 130 Å². The van der Waals surface area contributed by atoms with Gasteiger partial charge < -0.3 is 10.1 Å². The highest BCUT2D eigenvalue weighted by atomic mass is 35.5. The number of benzene rings is 2. The number of nitrogens with one attached hydrogen (secondary N) is 1. The van der Waals surface area contributed by atoms with E-state index in [1.165, 1.54) is 35.1 Å². The molecule has 0 bridgehead atoms. The third-order valence-corrected chi connectivity index (χ3v) is 4.59.